The molecular formula is C23H25ClN2O3. The minimum absolute atomic E-state index is 0.0926. The number of halogens is 1. The fraction of sp³-hybridized carbons (Fsp3) is 0.261. The predicted molar refractivity (Wildman–Crippen MR) is 115 cm³/mol. The summed E-state index contributed by atoms with van der Waals surface area (Å²) in [6, 6.07) is 19.0. The number of amides is 1. The number of hydrogen-bond donors (Lipinski definition) is 0. The number of para-hydroxylation sites is 1. The monoisotopic (exact) mass is 412 g/mol. The number of benzene rings is 2. The summed E-state index contributed by atoms with van der Waals surface area (Å²) in [5, 5.41) is 0.730. The summed E-state index contributed by atoms with van der Waals surface area (Å²) in [6.07, 6.45) is 2.00. The minimum Gasteiger partial charge on any atom is -0.496 e. The van der Waals surface area contributed by atoms with Gasteiger partial charge >= 0.3 is 0 Å². The second kappa shape index (κ2) is 10.1. The quantitative estimate of drug-likeness (QED) is 0.520. The Hall–Kier alpha value is -2.76. The van der Waals surface area contributed by atoms with Gasteiger partial charge in [0.1, 0.15) is 5.75 Å². The molecule has 0 aliphatic heterocycles. The molecule has 0 saturated heterocycles. The Morgan fingerprint density at radius 1 is 1.03 bits per heavy atom. The Labute approximate surface area is 176 Å². The summed E-state index contributed by atoms with van der Waals surface area (Å²) in [7, 11) is 3.20. The fourth-order valence-electron chi connectivity index (χ4n) is 3.20. The molecule has 3 aromatic rings. The average molecular weight is 413 g/mol. The number of hydrogen-bond acceptors (Lipinski definition) is 3. The van der Waals surface area contributed by atoms with E-state index in [2.05, 4.69) is 4.57 Å². The molecule has 152 valence electrons. The van der Waals surface area contributed by atoms with E-state index in [1.54, 1.807) is 31.3 Å². The molecule has 6 heteroatoms. The third-order valence-electron chi connectivity index (χ3n) is 4.76. The fourth-order valence-corrected chi connectivity index (χ4v) is 3.39. The summed E-state index contributed by atoms with van der Waals surface area (Å²) in [5.74, 6) is 0.469. The topological polar surface area (TPSA) is 43.7 Å². The van der Waals surface area contributed by atoms with Crippen LogP contribution in [0.15, 0.2) is 66.9 Å². The molecule has 2 aromatic carbocycles. The van der Waals surface area contributed by atoms with Crippen molar-refractivity contribution in [2.45, 2.75) is 13.1 Å². The zero-order valence-electron chi connectivity index (χ0n) is 16.7. The van der Waals surface area contributed by atoms with Crippen molar-refractivity contribution in [3.05, 3.63) is 88.7 Å². The van der Waals surface area contributed by atoms with Crippen LogP contribution in [0.5, 0.6) is 5.75 Å². The highest BCUT2D eigenvalue weighted by atomic mass is 35.5. The SMILES string of the molecule is COCCN(Cc1cccn1Cc1ccccc1Cl)C(=O)c1ccccc1OC. The van der Waals surface area contributed by atoms with E-state index in [4.69, 9.17) is 21.1 Å². The molecule has 0 bridgehead atoms. The third kappa shape index (κ3) is 5.19. The van der Waals surface area contributed by atoms with Crippen LogP contribution in [0.4, 0.5) is 0 Å². The van der Waals surface area contributed by atoms with Gasteiger partial charge in [0.25, 0.3) is 5.91 Å². The second-order valence-electron chi connectivity index (χ2n) is 6.64. The summed E-state index contributed by atoms with van der Waals surface area (Å²) in [6.45, 7) is 2.03. The van der Waals surface area contributed by atoms with Gasteiger partial charge in [-0.15, -0.1) is 0 Å². The minimum atomic E-state index is -0.0926. The molecular weight excluding hydrogens is 388 g/mol. The Balaban J connectivity index is 1.84. The maximum atomic E-state index is 13.2. The third-order valence-corrected chi connectivity index (χ3v) is 5.13. The van der Waals surface area contributed by atoms with Gasteiger partial charge in [-0.2, -0.15) is 0 Å². The van der Waals surface area contributed by atoms with E-state index in [9.17, 15) is 4.79 Å². The molecule has 1 amide bonds. The highest BCUT2D eigenvalue weighted by molar-refractivity contribution is 6.31. The van der Waals surface area contributed by atoms with E-state index in [-0.39, 0.29) is 5.91 Å². The lowest BCUT2D eigenvalue weighted by Gasteiger charge is -2.24. The van der Waals surface area contributed by atoms with Crippen molar-refractivity contribution in [2.75, 3.05) is 27.4 Å². The number of carbonyl (C=O) groups excluding carboxylic acids is 1. The van der Waals surface area contributed by atoms with Gasteiger partial charge in [-0.05, 0) is 35.9 Å². The van der Waals surface area contributed by atoms with Gasteiger partial charge in [0.15, 0.2) is 0 Å². The second-order valence-corrected chi connectivity index (χ2v) is 7.05. The van der Waals surface area contributed by atoms with Crippen LogP contribution in [0.3, 0.4) is 0 Å². The molecule has 0 aliphatic carbocycles. The van der Waals surface area contributed by atoms with Crippen LogP contribution in [-0.2, 0) is 17.8 Å². The summed E-state index contributed by atoms with van der Waals surface area (Å²) in [4.78, 5) is 15.0. The van der Waals surface area contributed by atoms with Crippen LogP contribution >= 0.6 is 11.6 Å². The van der Waals surface area contributed by atoms with Gasteiger partial charge in [0.2, 0.25) is 0 Å². The Bertz CT molecular complexity index is 955. The zero-order chi connectivity index (χ0) is 20.6. The van der Waals surface area contributed by atoms with Crippen LogP contribution in [-0.4, -0.2) is 42.7 Å². The smallest absolute Gasteiger partial charge is 0.258 e. The first-order valence-corrected chi connectivity index (χ1v) is 9.80. The van der Waals surface area contributed by atoms with Crippen molar-refractivity contribution in [2.24, 2.45) is 0 Å². The average Bonchev–Trinajstić information content (AvgIpc) is 3.18. The van der Waals surface area contributed by atoms with Crippen LogP contribution in [0.25, 0.3) is 0 Å². The zero-order valence-corrected chi connectivity index (χ0v) is 17.4. The Morgan fingerprint density at radius 3 is 2.55 bits per heavy atom. The highest BCUT2D eigenvalue weighted by Crippen LogP contribution is 2.22. The van der Waals surface area contributed by atoms with Gasteiger partial charge in [-0.25, -0.2) is 0 Å². The summed E-state index contributed by atoms with van der Waals surface area (Å²) in [5.41, 5.74) is 2.59. The maximum absolute atomic E-state index is 13.2. The van der Waals surface area contributed by atoms with Crippen molar-refractivity contribution < 1.29 is 14.3 Å². The van der Waals surface area contributed by atoms with E-state index in [0.29, 0.717) is 37.6 Å². The molecule has 0 fully saturated rings. The van der Waals surface area contributed by atoms with Gasteiger partial charge in [-0.1, -0.05) is 41.9 Å². The summed E-state index contributed by atoms with van der Waals surface area (Å²) < 4.78 is 12.7. The molecule has 3 rings (SSSR count). The molecule has 5 nitrogen and oxygen atoms in total. The number of rotatable bonds is 9. The van der Waals surface area contributed by atoms with Crippen molar-refractivity contribution in [1.82, 2.24) is 9.47 Å². The number of carbonyl (C=O) groups is 1. The lowest BCUT2D eigenvalue weighted by atomic mass is 10.1. The normalized spacial score (nSPS) is 10.7. The number of methoxy groups -OCH3 is 2. The molecule has 0 saturated carbocycles. The largest absolute Gasteiger partial charge is 0.496 e. The predicted octanol–water partition coefficient (Wildman–Crippen LogP) is 4.49. The Morgan fingerprint density at radius 2 is 1.79 bits per heavy atom. The Kier molecular flexibility index (Phi) is 7.33. The first-order valence-electron chi connectivity index (χ1n) is 9.42. The standard InChI is InChI=1S/C23H25ClN2O3/c1-28-15-14-26(23(27)20-10-4-6-12-22(20)29-2)17-19-9-7-13-25(19)16-18-8-3-5-11-21(18)24/h3-13H,14-17H2,1-2H3. The van der Waals surface area contributed by atoms with Gasteiger partial charge < -0.3 is 18.9 Å². The van der Waals surface area contributed by atoms with Crippen LogP contribution in [0, 0.1) is 0 Å². The van der Waals surface area contributed by atoms with Crippen molar-refractivity contribution in [3.63, 3.8) is 0 Å². The molecule has 29 heavy (non-hydrogen) atoms. The molecule has 0 unspecified atom stereocenters. The van der Waals surface area contributed by atoms with Gasteiger partial charge in [-0.3, -0.25) is 4.79 Å². The van der Waals surface area contributed by atoms with Crippen LogP contribution < -0.4 is 4.74 Å². The van der Waals surface area contributed by atoms with E-state index >= 15 is 0 Å². The molecule has 0 aliphatic rings. The van der Waals surface area contributed by atoms with Gasteiger partial charge in [0, 0.05) is 37.1 Å². The van der Waals surface area contributed by atoms with E-state index in [0.717, 1.165) is 16.3 Å². The first-order chi connectivity index (χ1) is 14.1. The summed E-state index contributed by atoms with van der Waals surface area (Å²) >= 11 is 6.32. The molecule has 0 N–H and O–H groups in total. The van der Waals surface area contributed by atoms with Crippen LogP contribution in [0.1, 0.15) is 21.6 Å². The van der Waals surface area contributed by atoms with E-state index in [1.165, 1.54) is 0 Å². The number of nitrogens with zero attached hydrogens (tertiary/aromatic N) is 2. The molecule has 0 radical (unpaired) electrons. The highest BCUT2D eigenvalue weighted by Gasteiger charge is 2.20. The molecule has 0 atom stereocenters. The number of ether oxygens (including phenoxy) is 2. The lowest BCUT2D eigenvalue weighted by Crippen LogP contribution is -2.34. The van der Waals surface area contributed by atoms with E-state index in [1.807, 2.05) is 54.7 Å². The lowest BCUT2D eigenvalue weighted by molar-refractivity contribution is 0.0673. The van der Waals surface area contributed by atoms with Crippen molar-refractivity contribution in [1.29, 1.82) is 0 Å². The van der Waals surface area contributed by atoms with Gasteiger partial charge in [0.05, 0.1) is 25.8 Å². The van der Waals surface area contributed by atoms with E-state index < -0.39 is 0 Å². The first kappa shape index (κ1) is 21.0. The molecule has 1 aromatic heterocycles. The molecule has 1 heterocycles. The maximum Gasteiger partial charge on any atom is 0.258 e. The van der Waals surface area contributed by atoms with Crippen molar-refractivity contribution in [3.8, 4) is 5.75 Å². The van der Waals surface area contributed by atoms with Crippen molar-refractivity contribution >= 4 is 17.5 Å². The number of aromatic nitrogens is 1. The van der Waals surface area contributed by atoms with Crippen LogP contribution in [0.2, 0.25) is 5.02 Å². The molecule has 0 spiro atoms.